The molecule has 1 aliphatic rings. The average molecular weight is 259 g/mol. The average Bonchev–Trinajstić information content (AvgIpc) is 2.83. The van der Waals surface area contributed by atoms with Gasteiger partial charge in [-0.25, -0.2) is 12.8 Å². The van der Waals surface area contributed by atoms with E-state index < -0.39 is 15.8 Å². The number of nitrogens with zero attached hydrogens (tertiary/aromatic N) is 1. The molecule has 1 saturated heterocycles. The lowest BCUT2D eigenvalue weighted by atomic mass is 10.3. The van der Waals surface area contributed by atoms with E-state index in [9.17, 15) is 12.8 Å². The maximum absolute atomic E-state index is 13.2. The molecule has 0 aliphatic carbocycles. The van der Waals surface area contributed by atoms with Crippen molar-refractivity contribution in [2.75, 3.05) is 20.2 Å². The van der Waals surface area contributed by atoms with E-state index >= 15 is 0 Å². The van der Waals surface area contributed by atoms with Gasteiger partial charge >= 0.3 is 0 Å². The van der Waals surface area contributed by atoms with Crippen molar-refractivity contribution in [1.82, 2.24) is 4.31 Å². The van der Waals surface area contributed by atoms with Crippen molar-refractivity contribution >= 4 is 10.0 Å². The van der Waals surface area contributed by atoms with Gasteiger partial charge in [-0.3, -0.25) is 0 Å². The Labute approximate surface area is 100 Å². The van der Waals surface area contributed by atoms with Gasteiger partial charge in [0.15, 0.2) is 11.6 Å². The summed E-state index contributed by atoms with van der Waals surface area (Å²) >= 11 is 0. The van der Waals surface area contributed by atoms with Gasteiger partial charge in [0, 0.05) is 19.2 Å². The molecule has 94 valence electrons. The van der Waals surface area contributed by atoms with Crippen molar-refractivity contribution in [2.45, 2.75) is 17.7 Å². The van der Waals surface area contributed by atoms with Crippen LogP contribution in [0.4, 0.5) is 4.39 Å². The highest BCUT2D eigenvalue weighted by molar-refractivity contribution is 7.89. The lowest BCUT2D eigenvalue weighted by molar-refractivity contribution is 0.384. The van der Waals surface area contributed by atoms with Crippen LogP contribution in [0.25, 0.3) is 0 Å². The first kappa shape index (κ1) is 12.3. The molecule has 1 aliphatic heterocycles. The third-order valence-electron chi connectivity index (χ3n) is 2.83. The van der Waals surface area contributed by atoms with Gasteiger partial charge in [0.05, 0.1) is 12.0 Å². The van der Waals surface area contributed by atoms with Gasteiger partial charge in [-0.1, -0.05) is 0 Å². The molecule has 0 saturated carbocycles. The molecule has 2 rings (SSSR count). The molecule has 0 radical (unpaired) electrons. The summed E-state index contributed by atoms with van der Waals surface area (Å²) in [6.07, 6.45) is 1.75. The number of methoxy groups -OCH3 is 1. The quantitative estimate of drug-likeness (QED) is 0.828. The maximum Gasteiger partial charge on any atom is 0.243 e. The molecule has 1 aromatic carbocycles. The van der Waals surface area contributed by atoms with Gasteiger partial charge in [0.2, 0.25) is 10.0 Å². The largest absolute Gasteiger partial charge is 0.494 e. The highest BCUT2D eigenvalue weighted by Crippen LogP contribution is 2.25. The molecular weight excluding hydrogens is 245 g/mol. The Morgan fingerprint density at radius 2 is 1.94 bits per heavy atom. The van der Waals surface area contributed by atoms with E-state index in [0.29, 0.717) is 13.1 Å². The summed E-state index contributed by atoms with van der Waals surface area (Å²) < 4.78 is 43.7. The molecule has 0 bridgehead atoms. The summed E-state index contributed by atoms with van der Waals surface area (Å²) in [5.41, 5.74) is 0. The fourth-order valence-corrected chi connectivity index (χ4v) is 3.41. The molecule has 1 aromatic rings. The van der Waals surface area contributed by atoms with Crippen molar-refractivity contribution in [2.24, 2.45) is 0 Å². The second-order valence-electron chi connectivity index (χ2n) is 3.91. The molecular formula is C11H14FNO3S. The molecule has 0 spiro atoms. The van der Waals surface area contributed by atoms with Crippen molar-refractivity contribution in [3.8, 4) is 5.75 Å². The van der Waals surface area contributed by atoms with Crippen molar-refractivity contribution in [1.29, 1.82) is 0 Å². The molecule has 0 amide bonds. The molecule has 4 nitrogen and oxygen atoms in total. The first-order chi connectivity index (χ1) is 8.05. The van der Waals surface area contributed by atoms with Crippen LogP contribution in [0.1, 0.15) is 12.8 Å². The van der Waals surface area contributed by atoms with Crippen molar-refractivity contribution in [3.05, 3.63) is 24.0 Å². The van der Waals surface area contributed by atoms with Crippen LogP contribution in [-0.2, 0) is 10.0 Å². The molecule has 0 unspecified atom stereocenters. The van der Waals surface area contributed by atoms with Gasteiger partial charge in [-0.2, -0.15) is 4.31 Å². The molecule has 0 aromatic heterocycles. The molecule has 0 atom stereocenters. The summed E-state index contributed by atoms with van der Waals surface area (Å²) in [5, 5.41) is 0. The van der Waals surface area contributed by atoms with E-state index in [4.69, 9.17) is 4.74 Å². The Morgan fingerprint density at radius 1 is 1.29 bits per heavy atom. The van der Waals surface area contributed by atoms with Crippen molar-refractivity contribution in [3.63, 3.8) is 0 Å². The smallest absolute Gasteiger partial charge is 0.243 e. The third kappa shape index (κ3) is 2.28. The van der Waals surface area contributed by atoms with Crippen LogP contribution in [0, 0.1) is 5.82 Å². The Bertz CT molecular complexity index is 509. The SMILES string of the molecule is COc1cc(S(=O)(=O)N2CCCC2)ccc1F. The van der Waals surface area contributed by atoms with Gasteiger partial charge in [-0.15, -0.1) is 0 Å². The van der Waals surface area contributed by atoms with Gasteiger partial charge < -0.3 is 4.74 Å². The van der Waals surface area contributed by atoms with Crippen molar-refractivity contribution < 1.29 is 17.5 Å². The number of rotatable bonds is 3. The second-order valence-corrected chi connectivity index (χ2v) is 5.85. The summed E-state index contributed by atoms with van der Waals surface area (Å²) in [6.45, 7) is 1.06. The minimum absolute atomic E-state index is 0.0507. The molecule has 1 heterocycles. The molecule has 17 heavy (non-hydrogen) atoms. The summed E-state index contributed by atoms with van der Waals surface area (Å²) in [7, 11) is -2.19. The van der Waals surface area contributed by atoms with Crippen LogP contribution in [0.2, 0.25) is 0 Å². The first-order valence-corrected chi connectivity index (χ1v) is 6.83. The Balaban J connectivity index is 2.39. The fraction of sp³-hybridized carbons (Fsp3) is 0.455. The second kappa shape index (κ2) is 4.62. The standard InChI is InChI=1S/C11H14FNO3S/c1-16-11-8-9(4-5-10(11)12)17(14,15)13-6-2-3-7-13/h4-5,8H,2-3,6-7H2,1H3. The summed E-state index contributed by atoms with van der Waals surface area (Å²) in [4.78, 5) is 0.0812. The molecule has 0 N–H and O–H groups in total. The van der Waals surface area contributed by atoms with E-state index in [1.807, 2.05) is 0 Å². The first-order valence-electron chi connectivity index (χ1n) is 5.39. The highest BCUT2D eigenvalue weighted by Gasteiger charge is 2.27. The number of ether oxygens (including phenoxy) is 1. The zero-order valence-corrected chi connectivity index (χ0v) is 10.3. The maximum atomic E-state index is 13.2. The minimum atomic E-state index is -3.50. The fourth-order valence-electron chi connectivity index (χ4n) is 1.88. The number of sulfonamides is 1. The van der Waals surface area contributed by atoms with Gasteiger partial charge in [0.25, 0.3) is 0 Å². The number of hydrogen-bond donors (Lipinski definition) is 0. The number of benzene rings is 1. The van der Waals surface area contributed by atoms with Crippen LogP contribution in [-0.4, -0.2) is 32.9 Å². The normalized spacial score (nSPS) is 17.3. The highest BCUT2D eigenvalue weighted by atomic mass is 32.2. The predicted molar refractivity (Wildman–Crippen MR) is 60.9 cm³/mol. The van der Waals surface area contributed by atoms with Crippen LogP contribution >= 0.6 is 0 Å². The lowest BCUT2D eigenvalue weighted by Crippen LogP contribution is -2.27. The van der Waals surface area contributed by atoms with E-state index in [2.05, 4.69) is 0 Å². The minimum Gasteiger partial charge on any atom is -0.494 e. The van der Waals surface area contributed by atoms with E-state index in [1.54, 1.807) is 0 Å². The lowest BCUT2D eigenvalue weighted by Gasteiger charge is -2.16. The summed E-state index contributed by atoms with van der Waals surface area (Å²) in [6, 6.07) is 3.61. The van der Waals surface area contributed by atoms with Crippen LogP contribution in [0.15, 0.2) is 23.1 Å². The zero-order chi connectivity index (χ0) is 12.5. The molecule has 1 fully saturated rings. The Kier molecular flexibility index (Phi) is 3.35. The topological polar surface area (TPSA) is 46.6 Å². The molecule has 6 heteroatoms. The van der Waals surface area contributed by atoms with Gasteiger partial charge in [-0.05, 0) is 25.0 Å². The Hall–Kier alpha value is -1.14. The van der Waals surface area contributed by atoms with Gasteiger partial charge in [0.1, 0.15) is 0 Å². The van der Waals surface area contributed by atoms with Crippen LogP contribution in [0.5, 0.6) is 5.75 Å². The van der Waals surface area contributed by atoms with E-state index in [-0.39, 0.29) is 10.6 Å². The monoisotopic (exact) mass is 259 g/mol. The third-order valence-corrected chi connectivity index (χ3v) is 4.72. The summed E-state index contributed by atoms with van der Waals surface area (Å²) in [5.74, 6) is -0.613. The van der Waals surface area contributed by atoms with E-state index in [0.717, 1.165) is 18.9 Å². The van der Waals surface area contributed by atoms with Crippen LogP contribution in [0.3, 0.4) is 0 Å². The Morgan fingerprint density at radius 3 is 2.53 bits per heavy atom. The number of halogens is 1. The zero-order valence-electron chi connectivity index (χ0n) is 9.52. The number of hydrogen-bond acceptors (Lipinski definition) is 3. The van der Waals surface area contributed by atoms with Crippen LogP contribution < -0.4 is 4.74 Å². The predicted octanol–water partition coefficient (Wildman–Crippen LogP) is 1.62. The van der Waals surface area contributed by atoms with E-state index in [1.165, 1.54) is 23.5 Å².